The van der Waals surface area contributed by atoms with Crippen molar-refractivity contribution in [3.05, 3.63) is 79.6 Å². The molecule has 3 aromatic rings. The molecule has 0 fully saturated rings. The van der Waals surface area contributed by atoms with E-state index in [0.29, 0.717) is 39.7 Å². The van der Waals surface area contributed by atoms with E-state index in [2.05, 4.69) is 0 Å². The predicted octanol–water partition coefficient (Wildman–Crippen LogP) is 4.21. The zero-order valence-corrected chi connectivity index (χ0v) is 16.9. The van der Waals surface area contributed by atoms with E-state index in [9.17, 15) is 9.59 Å². The lowest BCUT2D eigenvalue weighted by atomic mass is 9.98. The number of carbonyl (C=O) groups is 1. The molecule has 4 rings (SSSR count). The summed E-state index contributed by atoms with van der Waals surface area (Å²) in [7, 11) is 3.86. The SMILES string of the molecule is CN(C)CCN1C(=O)c2oc3ccc(Cl)cc3c(=O)c2[C@@H]1c1cccc(Cl)c1. The van der Waals surface area contributed by atoms with Crippen molar-refractivity contribution in [2.45, 2.75) is 6.04 Å². The highest BCUT2D eigenvalue weighted by Gasteiger charge is 2.42. The minimum atomic E-state index is -0.555. The summed E-state index contributed by atoms with van der Waals surface area (Å²) in [4.78, 5) is 30.1. The molecule has 2 heterocycles. The molecule has 1 aliphatic rings. The molecule has 0 unspecified atom stereocenters. The molecule has 7 heteroatoms. The first-order valence-corrected chi connectivity index (χ1v) is 9.60. The van der Waals surface area contributed by atoms with Gasteiger partial charge < -0.3 is 14.2 Å². The maximum atomic E-state index is 13.3. The minimum absolute atomic E-state index is 0.0866. The van der Waals surface area contributed by atoms with Gasteiger partial charge in [-0.05, 0) is 50.0 Å². The lowest BCUT2D eigenvalue weighted by Crippen LogP contribution is -2.35. The molecule has 2 aromatic carbocycles. The van der Waals surface area contributed by atoms with Gasteiger partial charge in [-0.3, -0.25) is 9.59 Å². The molecule has 0 bridgehead atoms. The van der Waals surface area contributed by atoms with Crippen molar-refractivity contribution < 1.29 is 9.21 Å². The highest BCUT2D eigenvalue weighted by atomic mass is 35.5. The van der Waals surface area contributed by atoms with Crippen LogP contribution in [0.4, 0.5) is 0 Å². The van der Waals surface area contributed by atoms with Crippen LogP contribution in [-0.4, -0.2) is 42.9 Å². The maximum Gasteiger partial charge on any atom is 0.290 e. The van der Waals surface area contributed by atoms with Crippen LogP contribution < -0.4 is 5.43 Å². The quantitative estimate of drug-likeness (QED) is 0.639. The van der Waals surface area contributed by atoms with Crippen LogP contribution in [0.2, 0.25) is 10.0 Å². The summed E-state index contributed by atoms with van der Waals surface area (Å²) in [5, 5.41) is 1.34. The van der Waals surface area contributed by atoms with Crippen molar-refractivity contribution in [2.75, 3.05) is 27.2 Å². The summed E-state index contributed by atoms with van der Waals surface area (Å²) >= 11 is 12.3. The summed E-state index contributed by atoms with van der Waals surface area (Å²) in [6, 6.07) is 11.5. The van der Waals surface area contributed by atoms with E-state index in [1.807, 2.05) is 31.1 Å². The molecular formula is C21H18Cl2N2O3. The number of hydrogen-bond acceptors (Lipinski definition) is 4. The fourth-order valence-corrected chi connectivity index (χ4v) is 3.93. The Morgan fingerprint density at radius 3 is 2.54 bits per heavy atom. The second kappa shape index (κ2) is 7.24. The van der Waals surface area contributed by atoms with Crippen molar-refractivity contribution in [2.24, 2.45) is 0 Å². The number of halogens is 2. The van der Waals surface area contributed by atoms with Gasteiger partial charge in [-0.15, -0.1) is 0 Å². The molecule has 0 spiro atoms. The summed E-state index contributed by atoms with van der Waals surface area (Å²) in [6.45, 7) is 1.10. The molecule has 1 aliphatic heterocycles. The van der Waals surface area contributed by atoms with Crippen molar-refractivity contribution in [3.8, 4) is 0 Å². The van der Waals surface area contributed by atoms with Crippen LogP contribution in [0.5, 0.6) is 0 Å². The zero-order chi connectivity index (χ0) is 20.0. The van der Waals surface area contributed by atoms with Gasteiger partial charge >= 0.3 is 0 Å². The van der Waals surface area contributed by atoms with Crippen molar-refractivity contribution in [1.82, 2.24) is 9.80 Å². The molecule has 28 heavy (non-hydrogen) atoms. The molecule has 144 valence electrons. The van der Waals surface area contributed by atoms with E-state index in [-0.39, 0.29) is 17.1 Å². The molecular weight excluding hydrogens is 399 g/mol. The normalized spacial score (nSPS) is 16.2. The highest BCUT2D eigenvalue weighted by Crippen LogP contribution is 2.38. The third-order valence-electron chi connectivity index (χ3n) is 4.88. The average molecular weight is 417 g/mol. The highest BCUT2D eigenvalue weighted by molar-refractivity contribution is 6.31. The monoisotopic (exact) mass is 416 g/mol. The van der Waals surface area contributed by atoms with E-state index in [1.54, 1.807) is 35.2 Å². The van der Waals surface area contributed by atoms with Crippen LogP contribution in [0.3, 0.4) is 0 Å². The Hall–Kier alpha value is -2.34. The van der Waals surface area contributed by atoms with Gasteiger partial charge in [-0.25, -0.2) is 0 Å². The average Bonchev–Trinajstić information content (AvgIpc) is 2.93. The molecule has 0 N–H and O–H groups in total. The third-order valence-corrected chi connectivity index (χ3v) is 5.35. The number of nitrogens with zero attached hydrogens (tertiary/aromatic N) is 2. The molecule has 0 saturated carbocycles. The lowest BCUT2D eigenvalue weighted by Gasteiger charge is -2.26. The third kappa shape index (κ3) is 3.20. The lowest BCUT2D eigenvalue weighted by molar-refractivity contribution is 0.0716. The smallest absolute Gasteiger partial charge is 0.290 e. The number of hydrogen-bond donors (Lipinski definition) is 0. The predicted molar refractivity (Wildman–Crippen MR) is 110 cm³/mol. The Morgan fingerprint density at radius 1 is 1.07 bits per heavy atom. The number of likely N-dealkylation sites (N-methyl/N-ethyl adjacent to an activating group) is 1. The van der Waals surface area contributed by atoms with Gasteiger partial charge in [0.25, 0.3) is 5.91 Å². The minimum Gasteiger partial charge on any atom is -0.450 e. The van der Waals surface area contributed by atoms with Crippen LogP contribution in [0.25, 0.3) is 11.0 Å². The van der Waals surface area contributed by atoms with E-state index >= 15 is 0 Å². The second-order valence-electron chi connectivity index (χ2n) is 7.07. The van der Waals surface area contributed by atoms with E-state index in [0.717, 1.165) is 5.56 Å². The molecule has 5 nitrogen and oxygen atoms in total. The van der Waals surface area contributed by atoms with Gasteiger partial charge in [-0.2, -0.15) is 0 Å². The van der Waals surface area contributed by atoms with E-state index in [4.69, 9.17) is 27.6 Å². The Balaban J connectivity index is 1.96. The number of benzene rings is 2. The molecule has 0 saturated heterocycles. The number of fused-ring (bicyclic) bond motifs is 2. The van der Waals surface area contributed by atoms with Crippen LogP contribution in [0, 0.1) is 0 Å². The van der Waals surface area contributed by atoms with Crippen molar-refractivity contribution >= 4 is 40.1 Å². The summed E-state index contributed by atoms with van der Waals surface area (Å²) in [5.41, 5.74) is 1.21. The maximum absolute atomic E-state index is 13.3. The first-order chi connectivity index (χ1) is 13.4. The van der Waals surface area contributed by atoms with Gasteiger partial charge in [0, 0.05) is 23.1 Å². The van der Waals surface area contributed by atoms with Crippen LogP contribution in [-0.2, 0) is 0 Å². The van der Waals surface area contributed by atoms with Gasteiger partial charge in [-0.1, -0.05) is 35.3 Å². The van der Waals surface area contributed by atoms with Gasteiger partial charge in [0.1, 0.15) is 5.58 Å². The van der Waals surface area contributed by atoms with Gasteiger partial charge in [0.2, 0.25) is 5.76 Å². The van der Waals surface area contributed by atoms with E-state index in [1.165, 1.54) is 0 Å². The van der Waals surface area contributed by atoms with Crippen LogP contribution in [0.1, 0.15) is 27.7 Å². The van der Waals surface area contributed by atoms with Crippen LogP contribution >= 0.6 is 23.2 Å². The standard InChI is InChI=1S/C21H18Cl2N2O3/c1-24(2)8-9-25-18(12-4-3-5-13(22)10-12)17-19(26)15-11-14(23)6-7-16(15)28-20(17)21(25)27/h3-7,10-11,18H,8-9H2,1-2H3/t18-/m0/s1. The number of rotatable bonds is 4. The fraction of sp³-hybridized carbons (Fsp3) is 0.238. The van der Waals surface area contributed by atoms with Crippen LogP contribution in [0.15, 0.2) is 51.7 Å². The molecule has 1 atom stereocenters. The number of amides is 1. The zero-order valence-electron chi connectivity index (χ0n) is 15.4. The molecule has 1 aromatic heterocycles. The van der Waals surface area contributed by atoms with Gasteiger partial charge in [0.05, 0.1) is 17.0 Å². The Morgan fingerprint density at radius 2 is 1.82 bits per heavy atom. The number of carbonyl (C=O) groups excluding carboxylic acids is 1. The summed E-state index contributed by atoms with van der Waals surface area (Å²) in [5.74, 6) is -0.209. The summed E-state index contributed by atoms with van der Waals surface area (Å²) in [6.07, 6.45) is 0. The first-order valence-electron chi connectivity index (χ1n) is 8.84. The fourth-order valence-electron chi connectivity index (χ4n) is 3.55. The molecule has 1 amide bonds. The van der Waals surface area contributed by atoms with Crippen molar-refractivity contribution in [1.29, 1.82) is 0 Å². The Kier molecular flexibility index (Phi) is 4.91. The largest absolute Gasteiger partial charge is 0.450 e. The summed E-state index contributed by atoms with van der Waals surface area (Å²) < 4.78 is 5.87. The topological polar surface area (TPSA) is 53.8 Å². The Labute approximate surface area is 172 Å². The van der Waals surface area contributed by atoms with Gasteiger partial charge in [0.15, 0.2) is 5.43 Å². The second-order valence-corrected chi connectivity index (χ2v) is 7.95. The van der Waals surface area contributed by atoms with E-state index < -0.39 is 6.04 Å². The molecule has 0 radical (unpaired) electrons. The van der Waals surface area contributed by atoms with Crippen molar-refractivity contribution in [3.63, 3.8) is 0 Å². The Bertz CT molecular complexity index is 1140. The molecule has 0 aliphatic carbocycles. The first kappa shape index (κ1) is 19.0.